The third-order valence-electron chi connectivity index (χ3n) is 5.05. The maximum atomic E-state index is 5.54. The van der Waals surface area contributed by atoms with Gasteiger partial charge in [-0.1, -0.05) is 32.6 Å². The SMILES string of the molecule is CCCCCCC(C)NC(=NC)NCC1(N(C)C)CCOCC1. The zero-order valence-corrected chi connectivity index (χ0v) is 16.0. The number of likely N-dealkylation sites (N-methyl/N-ethyl adjacent to an activating group) is 1. The number of nitrogens with one attached hydrogen (secondary N) is 2. The first-order valence-corrected chi connectivity index (χ1v) is 9.26. The van der Waals surface area contributed by atoms with Crippen LogP contribution in [-0.4, -0.2) is 63.3 Å². The predicted octanol–water partition coefficient (Wildman–Crippen LogP) is 2.62. The molecular weight excluding hydrogens is 288 g/mol. The van der Waals surface area contributed by atoms with Gasteiger partial charge in [-0.2, -0.15) is 0 Å². The first-order chi connectivity index (χ1) is 11.0. The van der Waals surface area contributed by atoms with E-state index < -0.39 is 0 Å². The minimum atomic E-state index is 0.167. The van der Waals surface area contributed by atoms with Crippen molar-refractivity contribution in [2.75, 3.05) is 40.9 Å². The van der Waals surface area contributed by atoms with Crippen LogP contribution in [0.1, 0.15) is 58.8 Å². The summed E-state index contributed by atoms with van der Waals surface area (Å²) in [6, 6.07) is 0.461. The lowest BCUT2D eigenvalue weighted by Gasteiger charge is -2.43. The van der Waals surface area contributed by atoms with Gasteiger partial charge < -0.3 is 20.3 Å². The molecule has 1 aliphatic rings. The molecule has 1 rings (SSSR count). The lowest BCUT2D eigenvalue weighted by Crippen LogP contribution is -2.57. The summed E-state index contributed by atoms with van der Waals surface area (Å²) in [6.07, 6.45) is 8.59. The molecule has 0 saturated carbocycles. The molecule has 1 aliphatic heterocycles. The lowest BCUT2D eigenvalue weighted by molar-refractivity contribution is -0.00502. The van der Waals surface area contributed by atoms with Crippen LogP contribution in [-0.2, 0) is 4.74 Å². The molecule has 0 aromatic rings. The average Bonchev–Trinajstić information content (AvgIpc) is 2.56. The van der Waals surface area contributed by atoms with E-state index in [1.807, 2.05) is 7.05 Å². The minimum absolute atomic E-state index is 0.167. The van der Waals surface area contributed by atoms with Crippen LogP contribution in [0.25, 0.3) is 0 Å². The Kier molecular flexibility index (Phi) is 9.56. The highest BCUT2D eigenvalue weighted by Crippen LogP contribution is 2.25. The van der Waals surface area contributed by atoms with Crippen LogP contribution < -0.4 is 10.6 Å². The molecule has 2 N–H and O–H groups in total. The van der Waals surface area contributed by atoms with Crippen molar-refractivity contribution in [3.8, 4) is 0 Å². The molecule has 0 bridgehead atoms. The Morgan fingerprint density at radius 2 is 1.91 bits per heavy atom. The van der Waals surface area contributed by atoms with Crippen molar-refractivity contribution in [1.82, 2.24) is 15.5 Å². The summed E-state index contributed by atoms with van der Waals surface area (Å²) in [5.41, 5.74) is 0.167. The van der Waals surface area contributed by atoms with Crippen LogP contribution in [0.2, 0.25) is 0 Å². The number of hydrogen-bond donors (Lipinski definition) is 2. The van der Waals surface area contributed by atoms with E-state index in [-0.39, 0.29) is 5.54 Å². The summed E-state index contributed by atoms with van der Waals surface area (Å²) in [6.45, 7) is 7.10. The monoisotopic (exact) mass is 326 g/mol. The van der Waals surface area contributed by atoms with Gasteiger partial charge in [-0.3, -0.25) is 4.99 Å². The predicted molar refractivity (Wildman–Crippen MR) is 99.2 cm³/mol. The van der Waals surface area contributed by atoms with Crippen molar-refractivity contribution >= 4 is 5.96 Å². The van der Waals surface area contributed by atoms with Crippen LogP contribution in [0.3, 0.4) is 0 Å². The number of ether oxygens (including phenoxy) is 1. The number of guanidine groups is 1. The van der Waals surface area contributed by atoms with Gasteiger partial charge in [0.15, 0.2) is 5.96 Å². The van der Waals surface area contributed by atoms with Gasteiger partial charge in [-0.05, 0) is 40.3 Å². The summed E-state index contributed by atoms with van der Waals surface area (Å²) in [4.78, 5) is 6.73. The Hall–Kier alpha value is -0.810. The molecule has 1 saturated heterocycles. The second-order valence-corrected chi connectivity index (χ2v) is 7.05. The molecule has 0 radical (unpaired) electrons. The standard InChI is InChI=1S/C18H38N4O/c1-6-7-8-9-10-16(2)21-17(19-3)20-15-18(22(4)5)11-13-23-14-12-18/h16H,6-15H2,1-5H3,(H2,19,20,21). The second kappa shape index (κ2) is 10.9. The summed E-state index contributed by atoms with van der Waals surface area (Å²) >= 11 is 0. The van der Waals surface area contributed by atoms with Gasteiger partial charge in [-0.25, -0.2) is 0 Å². The maximum absolute atomic E-state index is 5.54. The van der Waals surface area contributed by atoms with Gasteiger partial charge in [0.1, 0.15) is 0 Å². The van der Waals surface area contributed by atoms with E-state index in [0.29, 0.717) is 6.04 Å². The molecule has 136 valence electrons. The Morgan fingerprint density at radius 1 is 1.22 bits per heavy atom. The molecule has 0 amide bonds. The molecule has 23 heavy (non-hydrogen) atoms. The van der Waals surface area contributed by atoms with Crippen molar-refractivity contribution in [3.05, 3.63) is 0 Å². The van der Waals surface area contributed by atoms with Crippen LogP contribution in [0.15, 0.2) is 4.99 Å². The summed E-state index contributed by atoms with van der Waals surface area (Å²) in [7, 11) is 6.19. The number of hydrogen-bond acceptors (Lipinski definition) is 3. The largest absolute Gasteiger partial charge is 0.381 e. The van der Waals surface area contributed by atoms with Gasteiger partial charge in [0.25, 0.3) is 0 Å². The molecule has 1 unspecified atom stereocenters. The van der Waals surface area contributed by atoms with Crippen LogP contribution in [0.5, 0.6) is 0 Å². The van der Waals surface area contributed by atoms with E-state index in [2.05, 4.69) is 48.5 Å². The van der Waals surface area contributed by atoms with Gasteiger partial charge >= 0.3 is 0 Å². The van der Waals surface area contributed by atoms with E-state index in [1.165, 1.54) is 32.1 Å². The zero-order chi connectivity index (χ0) is 17.1. The molecular formula is C18H38N4O. The van der Waals surface area contributed by atoms with Crippen LogP contribution >= 0.6 is 0 Å². The Labute approximate surface area is 143 Å². The molecule has 0 aliphatic carbocycles. The number of aliphatic imine (C=N–C) groups is 1. The Morgan fingerprint density at radius 3 is 2.48 bits per heavy atom. The van der Waals surface area contributed by atoms with Gasteiger partial charge in [0.2, 0.25) is 0 Å². The second-order valence-electron chi connectivity index (χ2n) is 7.05. The quantitative estimate of drug-likeness (QED) is 0.388. The fourth-order valence-electron chi connectivity index (χ4n) is 3.16. The normalized spacial score (nSPS) is 19.7. The molecule has 5 nitrogen and oxygen atoms in total. The van der Waals surface area contributed by atoms with E-state index in [0.717, 1.165) is 38.6 Å². The Balaban J connectivity index is 2.40. The van der Waals surface area contributed by atoms with Gasteiger partial charge in [0.05, 0.1) is 0 Å². The highest BCUT2D eigenvalue weighted by Gasteiger charge is 2.34. The number of unbranched alkanes of at least 4 members (excludes halogenated alkanes) is 3. The van der Waals surface area contributed by atoms with Crippen molar-refractivity contribution in [2.24, 2.45) is 4.99 Å². The van der Waals surface area contributed by atoms with Gasteiger partial charge in [0, 0.05) is 38.4 Å². The fraction of sp³-hybridized carbons (Fsp3) is 0.944. The topological polar surface area (TPSA) is 48.9 Å². The first kappa shape index (κ1) is 20.2. The molecule has 0 spiro atoms. The number of rotatable bonds is 9. The van der Waals surface area contributed by atoms with Crippen molar-refractivity contribution in [3.63, 3.8) is 0 Å². The lowest BCUT2D eigenvalue weighted by atomic mass is 9.88. The average molecular weight is 327 g/mol. The summed E-state index contributed by atoms with van der Waals surface area (Å²) in [5.74, 6) is 0.917. The summed E-state index contributed by atoms with van der Waals surface area (Å²) < 4.78 is 5.54. The maximum Gasteiger partial charge on any atom is 0.191 e. The van der Waals surface area contributed by atoms with Gasteiger partial charge in [-0.15, -0.1) is 0 Å². The van der Waals surface area contributed by atoms with E-state index in [9.17, 15) is 0 Å². The molecule has 1 heterocycles. The highest BCUT2D eigenvalue weighted by molar-refractivity contribution is 5.80. The van der Waals surface area contributed by atoms with Crippen LogP contribution in [0.4, 0.5) is 0 Å². The molecule has 5 heteroatoms. The fourth-order valence-corrected chi connectivity index (χ4v) is 3.16. The number of nitrogens with zero attached hydrogens (tertiary/aromatic N) is 2. The molecule has 1 fully saturated rings. The van der Waals surface area contributed by atoms with Crippen LogP contribution in [0, 0.1) is 0 Å². The van der Waals surface area contributed by atoms with Crippen molar-refractivity contribution in [1.29, 1.82) is 0 Å². The zero-order valence-electron chi connectivity index (χ0n) is 16.0. The van der Waals surface area contributed by atoms with E-state index in [4.69, 9.17) is 4.74 Å². The Bertz CT molecular complexity index is 338. The first-order valence-electron chi connectivity index (χ1n) is 9.26. The minimum Gasteiger partial charge on any atom is -0.381 e. The third-order valence-corrected chi connectivity index (χ3v) is 5.05. The summed E-state index contributed by atoms with van der Waals surface area (Å²) in [5, 5.41) is 7.06. The smallest absolute Gasteiger partial charge is 0.191 e. The van der Waals surface area contributed by atoms with Crippen molar-refractivity contribution < 1.29 is 4.74 Å². The highest BCUT2D eigenvalue weighted by atomic mass is 16.5. The van der Waals surface area contributed by atoms with E-state index in [1.54, 1.807) is 0 Å². The van der Waals surface area contributed by atoms with E-state index >= 15 is 0 Å². The third kappa shape index (κ3) is 7.08. The molecule has 0 aromatic carbocycles. The molecule has 0 aromatic heterocycles. The molecule has 1 atom stereocenters. The van der Waals surface area contributed by atoms with Crippen molar-refractivity contribution in [2.45, 2.75) is 70.4 Å².